The Morgan fingerprint density at radius 3 is 2.15 bits per heavy atom. The van der Waals surface area contributed by atoms with Gasteiger partial charge in [0.15, 0.2) is 0 Å². The standard InChI is InChI=1S/C12H21N/c1-9(2)13-11(4)12-7-5-10(3)6-8-12/h10,12-13H,1,4-8H2,2-3H3. The van der Waals surface area contributed by atoms with E-state index in [9.17, 15) is 0 Å². The zero-order valence-electron chi connectivity index (χ0n) is 8.90. The average Bonchev–Trinajstić information content (AvgIpc) is 2.04. The van der Waals surface area contributed by atoms with E-state index in [1.54, 1.807) is 0 Å². The normalized spacial score (nSPS) is 28.2. The first-order valence-corrected chi connectivity index (χ1v) is 5.21. The summed E-state index contributed by atoms with van der Waals surface area (Å²) in [6, 6.07) is 0. The molecule has 1 fully saturated rings. The largest absolute Gasteiger partial charge is 0.363 e. The minimum atomic E-state index is 0.674. The second-order valence-electron chi connectivity index (χ2n) is 4.39. The molecule has 1 aliphatic rings. The summed E-state index contributed by atoms with van der Waals surface area (Å²) in [7, 11) is 0. The number of hydrogen-bond acceptors (Lipinski definition) is 1. The van der Waals surface area contributed by atoms with E-state index in [0.717, 1.165) is 11.6 Å². The van der Waals surface area contributed by atoms with Crippen LogP contribution in [0.2, 0.25) is 0 Å². The van der Waals surface area contributed by atoms with Crippen molar-refractivity contribution in [2.45, 2.75) is 39.5 Å². The maximum atomic E-state index is 4.07. The summed E-state index contributed by atoms with van der Waals surface area (Å²) in [5.74, 6) is 1.58. The molecule has 0 atom stereocenters. The van der Waals surface area contributed by atoms with Crippen LogP contribution >= 0.6 is 0 Å². The minimum absolute atomic E-state index is 0.674. The Hall–Kier alpha value is -0.720. The van der Waals surface area contributed by atoms with E-state index in [-0.39, 0.29) is 0 Å². The molecule has 74 valence electrons. The summed E-state index contributed by atoms with van der Waals surface area (Å²) in [4.78, 5) is 0. The van der Waals surface area contributed by atoms with E-state index in [2.05, 4.69) is 25.4 Å². The highest BCUT2D eigenvalue weighted by Gasteiger charge is 2.20. The van der Waals surface area contributed by atoms with Gasteiger partial charge in [-0.2, -0.15) is 0 Å². The zero-order valence-corrected chi connectivity index (χ0v) is 8.90. The third-order valence-electron chi connectivity index (χ3n) is 2.88. The van der Waals surface area contributed by atoms with E-state index in [4.69, 9.17) is 0 Å². The maximum Gasteiger partial charge on any atom is 0.0107 e. The van der Waals surface area contributed by atoms with E-state index in [0.29, 0.717) is 5.92 Å². The van der Waals surface area contributed by atoms with Gasteiger partial charge in [0, 0.05) is 11.4 Å². The molecule has 1 aliphatic carbocycles. The zero-order chi connectivity index (χ0) is 9.84. The Balaban J connectivity index is 2.36. The minimum Gasteiger partial charge on any atom is -0.363 e. The summed E-state index contributed by atoms with van der Waals surface area (Å²) < 4.78 is 0. The van der Waals surface area contributed by atoms with Crippen LogP contribution in [0.25, 0.3) is 0 Å². The molecule has 13 heavy (non-hydrogen) atoms. The maximum absolute atomic E-state index is 4.07. The lowest BCUT2D eigenvalue weighted by molar-refractivity contribution is 0.314. The lowest BCUT2D eigenvalue weighted by Gasteiger charge is -2.28. The van der Waals surface area contributed by atoms with Gasteiger partial charge in [-0.3, -0.25) is 0 Å². The fourth-order valence-corrected chi connectivity index (χ4v) is 1.98. The van der Waals surface area contributed by atoms with Crippen molar-refractivity contribution in [2.75, 3.05) is 0 Å². The van der Waals surface area contributed by atoms with Crippen molar-refractivity contribution >= 4 is 0 Å². The molecule has 0 bridgehead atoms. The van der Waals surface area contributed by atoms with Gasteiger partial charge < -0.3 is 5.32 Å². The van der Waals surface area contributed by atoms with Gasteiger partial charge in [-0.05, 0) is 31.6 Å². The molecule has 0 spiro atoms. The van der Waals surface area contributed by atoms with Crippen molar-refractivity contribution in [1.82, 2.24) is 5.32 Å². The van der Waals surface area contributed by atoms with Crippen LogP contribution in [0, 0.1) is 11.8 Å². The molecule has 0 aromatic rings. The first kappa shape index (κ1) is 10.4. The Kier molecular flexibility index (Phi) is 3.58. The average molecular weight is 179 g/mol. The molecule has 1 heteroatoms. The van der Waals surface area contributed by atoms with Crippen LogP contribution in [0.1, 0.15) is 39.5 Å². The van der Waals surface area contributed by atoms with Crippen LogP contribution in [-0.2, 0) is 0 Å². The van der Waals surface area contributed by atoms with Crippen LogP contribution in [0.3, 0.4) is 0 Å². The highest BCUT2D eigenvalue weighted by Crippen LogP contribution is 2.31. The summed E-state index contributed by atoms with van der Waals surface area (Å²) in [6.07, 6.45) is 5.28. The predicted octanol–water partition coefficient (Wildman–Crippen LogP) is 3.45. The Bertz CT molecular complexity index is 197. The van der Waals surface area contributed by atoms with Crippen LogP contribution in [0.5, 0.6) is 0 Å². The monoisotopic (exact) mass is 179 g/mol. The van der Waals surface area contributed by atoms with E-state index < -0.39 is 0 Å². The van der Waals surface area contributed by atoms with Gasteiger partial charge in [0.1, 0.15) is 0 Å². The summed E-state index contributed by atoms with van der Waals surface area (Å²) in [5, 5.41) is 3.24. The Labute approximate surface area is 81.9 Å². The third-order valence-corrected chi connectivity index (χ3v) is 2.88. The van der Waals surface area contributed by atoms with Crippen molar-refractivity contribution in [1.29, 1.82) is 0 Å². The Morgan fingerprint density at radius 1 is 1.15 bits per heavy atom. The fourth-order valence-electron chi connectivity index (χ4n) is 1.98. The molecule has 1 saturated carbocycles. The van der Waals surface area contributed by atoms with Crippen LogP contribution in [-0.4, -0.2) is 0 Å². The molecule has 1 nitrogen and oxygen atoms in total. The smallest absolute Gasteiger partial charge is 0.0107 e. The topological polar surface area (TPSA) is 12.0 Å². The predicted molar refractivity (Wildman–Crippen MR) is 58.2 cm³/mol. The molecule has 0 unspecified atom stereocenters. The molecule has 0 heterocycles. The van der Waals surface area contributed by atoms with Gasteiger partial charge in [0.2, 0.25) is 0 Å². The molecular weight excluding hydrogens is 158 g/mol. The summed E-state index contributed by atoms with van der Waals surface area (Å²) in [5.41, 5.74) is 2.17. The van der Waals surface area contributed by atoms with Crippen molar-refractivity contribution in [3.63, 3.8) is 0 Å². The second kappa shape index (κ2) is 4.50. The van der Waals surface area contributed by atoms with Gasteiger partial charge >= 0.3 is 0 Å². The van der Waals surface area contributed by atoms with Gasteiger partial charge in [0.05, 0.1) is 0 Å². The summed E-state index contributed by atoms with van der Waals surface area (Å²) >= 11 is 0. The van der Waals surface area contributed by atoms with E-state index in [1.165, 1.54) is 31.4 Å². The van der Waals surface area contributed by atoms with E-state index in [1.807, 2.05) is 6.92 Å². The summed E-state index contributed by atoms with van der Waals surface area (Å²) in [6.45, 7) is 12.2. The van der Waals surface area contributed by atoms with Crippen LogP contribution in [0.4, 0.5) is 0 Å². The molecule has 0 amide bonds. The van der Waals surface area contributed by atoms with Gasteiger partial charge in [-0.15, -0.1) is 0 Å². The van der Waals surface area contributed by atoms with Crippen LogP contribution < -0.4 is 5.32 Å². The van der Waals surface area contributed by atoms with Crippen molar-refractivity contribution in [2.24, 2.45) is 11.8 Å². The number of hydrogen-bond donors (Lipinski definition) is 1. The van der Waals surface area contributed by atoms with E-state index >= 15 is 0 Å². The highest BCUT2D eigenvalue weighted by atomic mass is 14.9. The molecule has 0 aromatic carbocycles. The number of allylic oxidation sites excluding steroid dienone is 2. The van der Waals surface area contributed by atoms with Gasteiger partial charge in [0.25, 0.3) is 0 Å². The Morgan fingerprint density at radius 2 is 1.69 bits per heavy atom. The molecule has 1 N–H and O–H groups in total. The molecule has 0 aromatic heterocycles. The molecule has 1 rings (SSSR count). The fraction of sp³-hybridized carbons (Fsp3) is 0.667. The second-order valence-corrected chi connectivity index (χ2v) is 4.39. The molecule has 0 saturated heterocycles. The van der Waals surface area contributed by atoms with Crippen molar-refractivity contribution in [3.8, 4) is 0 Å². The third kappa shape index (κ3) is 3.25. The first-order chi connectivity index (χ1) is 6.09. The number of rotatable bonds is 3. The van der Waals surface area contributed by atoms with Crippen LogP contribution in [0.15, 0.2) is 24.6 Å². The molecular formula is C12H21N. The quantitative estimate of drug-likeness (QED) is 0.699. The lowest BCUT2D eigenvalue weighted by Crippen LogP contribution is -2.21. The first-order valence-electron chi connectivity index (χ1n) is 5.21. The van der Waals surface area contributed by atoms with Gasteiger partial charge in [-0.25, -0.2) is 0 Å². The highest BCUT2D eigenvalue weighted by molar-refractivity contribution is 5.06. The number of nitrogens with one attached hydrogen (secondary N) is 1. The van der Waals surface area contributed by atoms with Crippen molar-refractivity contribution in [3.05, 3.63) is 24.6 Å². The van der Waals surface area contributed by atoms with Crippen molar-refractivity contribution < 1.29 is 0 Å². The molecule has 0 radical (unpaired) electrons. The molecule has 0 aliphatic heterocycles. The SMILES string of the molecule is C=C(C)NC(=C)C1CCC(C)CC1. The van der Waals surface area contributed by atoms with Gasteiger partial charge in [-0.1, -0.05) is 32.9 Å². The lowest BCUT2D eigenvalue weighted by atomic mass is 9.81.